The van der Waals surface area contributed by atoms with Crippen LogP contribution in [0.2, 0.25) is 0 Å². The maximum absolute atomic E-state index is 5.32. The summed E-state index contributed by atoms with van der Waals surface area (Å²) in [4.78, 5) is 1.98. The number of nitrogens with one attached hydrogen (secondary N) is 1. The molecule has 0 aliphatic heterocycles. The summed E-state index contributed by atoms with van der Waals surface area (Å²) in [6.45, 7) is 1.24. The average molecular weight is 250 g/mol. The molecule has 2 rings (SSSR count). The third-order valence-corrected chi connectivity index (χ3v) is 2.82. The van der Waals surface area contributed by atoms with Crippen LogP contribution in [0, 0.1) is 0 Å². The molecular weight excluding hydrogens is 236 g/mol. The smallest absolute Gasteiger partial charge is 0.169 e. The zero-order valence-electron chi connectivity index (χ0n) is 9.55. The van der Waals surface area contributed by atoms with Gasteiger partial charge in [0.25, 0.3) is 0 Å². The van der Waals surface area contributed by atoms with Crippen LogP contribution < -0.4 is 5.32 Å². The van der Waals surface area contributed by atoms with Gasteiger partial charge in [-0.1, -0.05) is 0 Å². The molecule has 0 aromatic carbocycles. The van der Waals surface area contributed by atoms with Gasteiger partial charge in [0.2, 0.25) is 0 Å². The van der Waals surface area contributed by atoms with Gasteiger partial charge in [-0.25, -0.2) is 0 Å². The number of nitrogens with zero attached hydrogens (tertiary/aromatic N) is 1. The number of thiocarbonyl (C=S) groups is 1. The van der Waals surface area contributed by atoms with Gasteiger partial charge in [-0.3, -0.25) is 0 Å². The second kappa shape index (κ2) is 5.54. The van der Waals surface area contributed by atoms with E-state index in [0.29, 0.717) is 18.2 Å². The molecule has 0 atom stereocenters. The Kier molecular flexibility index (Phi) is 3.82. The minimum Gasteiger partial charge on any atom is -0.467 e. The summed E-state index contributed by atoms with van der Waals surface area (Å²) in [7, 11) is 1.81. The van der Waals surface area contributed by atoms with Gasteiger partial charge in [-0.05, 0) is 36.5 Å². The van der Waals surface area contributed by atoms with Crippen molar-refractivity contribution in [3.05, 3.63) is 48.3 Å². The van der Waals surface area contributed by atoms with Crippen LogP contribution in [0.5, 0.6) is 0 Å². The van der Waals surface area contributed by atoms with Crippen LogP contribution in [0.15, 0.2) is 45.6 Å². The third kappa shape index (κ3) is 3.10. The Morgan fingerprint density at radius 3 is 2.06 bits per heavy atom. The molecule has 0 unspecified atom stereocenters. The van der Waals surface area contributed by atoms with E-state index in [1.807, 2.05) is 29.2 Å². The highest BCUT2D eigenvalue weighted by molar-refractivity contribution is 7.80. The van der Waals surface area contributed by atoms with E-state index in [4.69, 9.17) is 21.1 Å². The predicted molar refractivity (Wildman–Crippen MR) is 68.3 cm³/mol. The second-order valence-corrected chi connectivity index (χ2v) is 3.96. The highest BCUT2D eigenvalue weighted by atomic mass is 32.1. The average Bonchev–Trinajstić information content (AvgIpc) is 3.00. The van der Waals surface area contributed by atoms with Crippen molar-refractivity contribution < 1.29 is 8.83 Å². The molecule has 90 valence electrons. The number of furan rings is 2. The van der Waals surface area contributed by atoms with Gasteiger partial charge in [-0.2, -0.15) is 0 Å². The van der Waals surface area contributed by atoms with Crippen molar-refractivity contribution in [1.82, 2.24) is 10.2 Å². The Balaban J connectivity index is 2.05. The summed E-state index contributed by atoms with van der Waals surface area (Å²) in [5, 5.41) is 3.63. The number of rotatable bonds is 4. The van der Waals surface area contributed by atoms with E-state index in [0.717, 1.165) is 11.5 Å². The lowest BCUT2D eigenvalue weighted by Gasteiger charge is -2.22. The molecule has 0 radical (unpaired) electrons. The Morgan fingerprint density at radius 2 is 1.71 bits per heavy atom. The molecule has 0 amide bonds. The summed E-state index contributed by atoms with van der Waals surface area (Å²) in [5.41, 5.74) is 0. The van der Waals surface area contributed by atoms with Crippen molar-refractivity contribution in [2.24, 2.45) is 0 Å². The minimum atomic E-state index is 0.618. The van der Waals surface area contributed by atoms with Crippen LogP contribution in [0.4, 0.5) is 0 Å². The molecule has 2 aromatic rings. The van der Waals surface area contributed by atoms with Crippen LogP contribution >= 0.6 is 12.2 Å². The van der Waals surface area contributed by atoms with Gasteiger partial charge >= 0.3 is 0 Å². The van der Waals surface area contributed by atoms with Gasteiger partial charge in [0.1, 0.15) is 11.5 Å². The molecule has 0 bridgehead atoms. The SMILES string of the molecule is CNC(=S)N(Cc1ccco1)Cc1ccco1. The molecule has 2 heterocycles. The van der Waals surface area contributed by atoms with Crippen LogP contribution in [0.1, 0.15) is 11.5 Å². The Labute approximate surface area is 105 Å². The first kappa shape index (κ1) is 11.7. The summed E-state index contributed by atoms with van der Waals surface area (Å²) in [6.07, 6.45) is 3.31. The first-order valence-electron chi connectivity index (χ1n) is 5.31. The summed E-state index contributed by atoms with van der Waals surface area (Å²) in [5.74, 6) is 1.74. The number of hydrogen-bond donors (Lipinski definition) is 1. The molecule has 17 heavy (non-hydrogen) atoms. The summed E-state index contributed by atoms with van der Waals surface area (Å²) in [6, 6.07) is 7.58. The lowest BCUT2D eigenvalue weighted by atomic mass is 10.3. The Morgan fingerprint density at radius 1 is 1.18 bits per heavy atom. The Hall–Kier alpha value is -1.75. The highest BCUT2D eigenvalue weighted by Crippen LogP contribution is 2.11. The van der Waals surface area contributed by atoms with Crippen LogP contribution in [0.25, 0.3) is 0 Å². The van der Waals surface area contributed by atoms with Crippen molar-refractivity contribution in [2.75, 3.05) is 7.05 Å². The molecule has 0 aliphatic carbocycles. The third-order valence-electron chi connectivity index (χ3n) is 2.35. The minimum absolute atomic E-state index is 0.618. The normalized spacial score (nSPS) is 10.2. The zero-order chi connectivity index (χ0) is 12.1. The van der Waals surface area contributed by atoms with Crippen LogP contribution in [-0.2, 0) is 13.1 Å². The van der Waals surface area contributed by atoms with Gasteiger partial charge in [0, 0.05) is 7.05 Å². The van der Waals surface area contributed by atoms with Gasteiger partial charge in [-0.15, -0.1) is 0 Å². The topological polar surface area (TPSA) is 41.5 Å². The summed E-state index contributed by atoms with van der Waals surface area (Å²) >= 11 is 5.25. The van der Waals surface area contributed by atoms with Crippen molar-refractivity contribution in [2.45, 2.75) is 13.1 Å². The molecular formula is C12H14N2O2S. The quantitative estimate of drug-likeness (QED) is 0.844. The van der Waals surface area contributed by atoms with Crippen molar-refractivity contribution in [3.63, 3.8) is 0 Å². The fraction of sp³-hybridized carbons (Fsp3) is 0.250. The Bertz CT molecular complexity index is 415. The summed E-state index contributed by atoms with van der Waals surface area (Å²) < 4.78 is 10.6. The van der Waals surface area contributed by atoms with Gasteiger partial charge in [0.05, 0.1) is 25.6 Å². The van der Waals surface area contributed by atoms with E-state index in [-0.39, 0.29) is 0 Å². The van der Waals surface area contributed by atoms with E-state index in [1.54, 1.807) is 19.6 Å². The monoisotopic (exact) mass is 250 g/mol. The molecule has 2 aromatic heterocycles. The fourth-order valence-electron chi connectivity index (χ4n) is 1.54. The van der Waals surface area contributed by atoms with Crippen LogP contribution in [0.3, 0.4) is 0 Å². The van der Waals surface area contributed by atoms with Crippen molar-refractivity contribution in [1.29, 1.82) is 0 Å². The standard InChI is InChI=1S/C12H14N2O2S/c1-13-12(17)14(8-10-4-2-6-15-10)9-11-5-3-7-16-11/h2-7H,8-9H2,1H3,(H,13,17). The molecule has 0 saturated carbocycles. The first-order valence-corrected chi connectivity index (χ1v) is 5.72. The molecule has 0 saturated heterocycles. The van der Waals surface area contributed by atoms with Gasteiger partial charge < -0.3 is 19.1 Å². The highest BCUT2D eigenvalue weighted by Gasteiger charge is 2.12. The maximum atomic E-state index is 5.32. The lowest BCUT2D eigenvalue weighted by Crippen LogP contribution is -2.36. The van der Waals surface area contributed by atoms with Crippen LogP contribution in [-0.4, -0.2) is 17.1 Å². The van der Waals surface area contributed by atoms with E-state index in [1.165, 1.54) is 0 Å². The van der Waals surface area contributed by atoms with E-state index < -0.39 is 0 Å². The molecule has 1 N–H and O–H groups in total. The van der Waals surface area contributed by atoms with Gasteiger partial charge in [0.15, 0.2) is 5.11 Å². The molecule has 0 aliphatic rings. The van der Waals surface area contributed by atoms with E-state index in [2.05, 4.69) is 5.32 Å². The maximum Gasteiger partial charge on any atom is 0.169 e. The van der Waals surface area contributed by atoms with Crippen molar-refractivity contribution >= 4 is 17.3 Å². The largest absolute Gasteiger partial charge is 0.467 e. The van der Waals surface area contributed by atoms with Crippen molar-refractivity contribution in [3.8, 4) is 0 Å². The number of hydrogen-bond acceptors (Lipinski definition) is 3. The molecule has 0 fully saturated rings. The molecule has 5 heteroatoms. The molecule has 0 spiro atoms. The van der Waals surface area contributed by atoms with E-state index >= 15 is 0 Å². The first-order chi connectivity index (χ1) is 8.29. The zero-order valence-corrected chi connectivity index (χ0v) is 10.4. The lowest BCUT2D eigenvalue weighted by molar-refractivity contribution is 0.323. The molecule has 4 nitrogen and oxygen atoms in total. The predicted octanol–water partition coefficient (Wildman–Crippen LogP) is 2.38. The second-order valence-electron chi connectivity index (χ2n) is 3.57. The van der Waals surface area contributed by atoms with E-state index in [9.17, 15) is 0 Å². The fourth-order valence-corrected chi connectivity index (χ4v) is 1.67.